The molecule has 5 heteroatoms. The summed E-state index contributed by atoms with van der Waals surface area (Å²) < 4.78 is 0. The second kappa shape index (κ2) is 7.43. The number of aromatic nitrogens is 2. The molecular formula is C15H27N5. The van der Waals surface area contributed by atoms with Crippen molar-refractivity contribution in [3.8, 4) is 0 Å². The Bertz CT molecular complexity index is 415. The first-order valence-electron chi connectivity index (χ1n) is 7.75. The number of hydrogen-bond acceptors (Lipinski definition) is 5. The second-order valence-corrected chi connectivity index (χ2v) is 5.60. The van der Waals surface area contributed by atoms with Crippen LogP contribution in [0, 0.1) is 6.92 Å². The van der Waals surface area contributed by atoms with Gasteiger partial charge in [0.1, 0.15) is 18.0 Å². The minimum atomic E-state index is 0.555. The molecule has 0 saturated carbocycles. The predicted octanol–water partition coefficient (Wildman–Crippen LogP) is 2.50. The SMILES string of the molecule is CCCNc1ncnc(NCC(C)N2CCCC2)c1C. The van der Waals surface area contributed by atoms with Crippen LogP contribution in [-0.2, 0) is 0 Å². The second-order valence-electron chi connectivity index (χ2n) is 5.60. The van der Waals surface area contributed by atoms with Crippen molar-refractivity contribution in [3.05, 3.63) is 11.9 Å². The van der Waals surface area contributed by atoms with Crippen molar-refractivity contribution in [3.63, 3.8) is 0 Å². The van der Waals surface area contributed by atoms with Gasteiger partial charge in [-0.15, -0.1) is 0 Å². The van der Waals surface area contributed by atoms with Crippen LogP contribution in [0.15, 0.2) is 6.33 Å². The fourth-order valence-corrected chi connectivity index (χ4v) is 2.61. The highest BCUT2D eigenvalue weighted by Gasteiger charge is 2.18. The van der Waals surface area contributed by atoms with Crippen molar-refractivity contribution in [1.29, 1.82) is 0 Å². The van der Waals surface area contributed by atoms with Gasteiger partial charge in [-0.2, -0.15) is 0 Å². The fourth-order valence-electron chi connectivity index (χ4n) is 2.61. The molecule has 5 nitrogen and oxygen atoms in total. The molecule has 0 aromatic carbocycles. The van der Waals surface area contributed by atoms with Gasteiger partial charge in [0.05, 0.1) is 0 Å². The van der Waals surface area contributed by atoms with E-state index in [0.717, 1.165) is 36.7 Å². The Hall–Kier alpha value is -1.36. The zero-order valence-electron chi connectivity index (χ0n) is 12.9. The van der Waals surface area contributed by atoms with Gasteiger partial charge in [0.2, 0.25) is 0 Å². The van der Waals surface area contributed by atoms with Crippen molar-refractivity contribution in [1.82, 2.24) is 14.9 Å². The first-order valence-corrected chi connectivity index (χ1v) is 7.75. The maximum atomic E-state index is 4.36. The van der Waals surface area contributed by atoms with Crippen molar-refractivity contribution in [2.45, 2.75) is 46.1 Å². The fraction of sp³-hybridized carbons (Fsp3) is 0.733. The third-order valence-electron chi connectivity index (χ3n) is 3.96. The molecule has 2 rings (SSSR count). The average Bonchev–Trinajstić information content (AvgIpc) is 2.99. The smallest absolute Gasteiger partial charge is 0.134 e. The number of nitrogens with one attached hydrogen (secondary N) is 2. The Morgan fingerprint density at radius 1 is 1.20 bits per heavy atom. The van der Waals surface area contributed by atoms with Crippen molar-refractivity contribution in [2.75, 3.05) is 36.8 Å². The summed E-state index contributed by atoms with van der Waals surface area (Å²) in [6.45, 7) is 10.8. The molecule has 1 aromatic heterocycles. The molecule has 0 amide bonds. The Labute approximate surface area is 122 Å². The lowest BCUT2D eigenvalue weighted by Crippen LogP contribution is -2.35. The number of rotatable bonds is 7. The van der Waals surface area contributed by atoms with E-state index in [1.54, 1.807) is 6.33 Å². The molecule has 1 aliphatic rings. The van der Waals surface area contributed by atoms with Crippen molar-refractivity contribution >= 4 is 11.6 Å². The third kappa shape index (κ3) is 3.82. The van der Waals surface area contributed by atoms with Crippen LogP contribution in [-0.4, -0.2) is 47.1 Å². The largest absolute Gasteiger partial charge is 0.370 e. The van der Waals surface area contributed by atoms with E-state index in [2.05, 4.69) is 46.3 Å². The summed E-state index contributed by atoms with van der Waals surface area (Å²) in [5.74, 6) is 1.89. The van der Waals surface area contributed by atoms with Crippen LogP contribution in [0.2, 0.25) is 0 Å². The van der Waals surface area contributed by atoms with Gasteiger partial charge >= 0.3 is 0 Å². The Balaban J connectivity index is 1.91. The molecule has 1 unspecified atom stereocenters. The van der Waals surface area contributed by atoms with E-state index in [1.165, 1.54) is 25.9 Å². The van der Waals surface area contributed by atoms with Crippen LogP contribution in [0.25, 0.3) is 0 Å². The van der Waals surface area contributed by atoms with Gasteiger partial charge in [-0.05, 0) is 46.2 Å². The molecule has 112 valence electrons. The number of hydrogen-bond donors (Lipinski definition) is 2. The number of likely N-dealkylation sites (tertiary alicyclic amines) is 1. The summed E-state index contributed by atoms with van der Waals surface area (Å²) in [6.07, 6.45) is 5.40. The monoisotopic (exact) mass is 277 g/mol. The van der Waals surface area contributed by atoms with Gasteiger partial charge in [-0.25, -0.2) is 9.97 Å². The molecule has 1 atom stereocenters. The van der Waals surface area contributed by atoms with Crippen LogP contribution in [0.3, 0.4) is 0 Å². The van der Waals surface area contributed by atoms with Crippen LogP contribution in [0.4, 0.5) is 11.6 Å². The molecule has 20 heavy (non-hydrogen) atoms. The zero-order chi connectivity index (χ0) is 14.4. The van der Waals surface area contributed by atoms with E-state index in [-0.39, 0.29) is 0 Å². The minimum absolute atomic E-state index is 0.555. The highest BCUT2D eigenvalue weighted by atomic mass is 15.2. The van der Waals surface area contributed by atoms with Crippen molar-refractivity contribution in [2.24, 2.45) is 0 Å². The quantitative estimate of drug-likeness (QED) is 0.802. The van der Waals surface area contributed by atoms with Crippen LogP contribution in [0.1, 0.15) is 38.7 Å². The predicted molar refractivity (Wildman–Crippen MR) is 84.3 cm³/mol. The van der Waals surface area contributed by atoms with Gasteiger partial charge in [0, 0.05) is 24.7 Å². The lowest BCUT2D eigenvalue weighted by molar-refractivity contribution is 0.269. The maximum Gasteiger partial charge on any atom is 0.134 e. The first-order chi connectivity index (χ1) is 9.72. The summed E-state index contributed by atoms with van der Waals surface area (Å²) in [4.78, 5) is 11.2. The topological polar surface area (TPSA) is 53.1 Å². The third-order valence-corrected chi connectivity index (χ3v) is 3.96. The summed E-state index contributed by atoms with van der Waals surface area (Å²) in [5.41, 5.74) is 1.11. The van der Waals surface area contributed by atoms with E-state index in [4.69, 9.17) is 0 Å². The summed E-state index contributed by atoms with van der Waals surface area (Å²) in [5, 5.41) is 6.82. The molecule has 0 radical (unpaired) electrons. The standard InChI is InChI=1S/C15H27N5/c1-4-7-16-14-13(3)15(19-11-18-14)17-10-12(2)20-8-5-6-9-20/h11-12H,4-10H2,1-3H3,(H2,16,17,18,19). The highest BCUT2D eigenvalue weighted by molar-refractivity contribution is 5.56. The van der Waals surface area contributed by atoms with Gasteiger partial charge in [-0.1, -0.05) is 6.92 Å². The van der Waals surface area contributed by atoms with Gasteiger partial charge < -0.3 is 10.6 Å². The van der Waals surface area contributed by atoms with Gasteiger partial charge in [0.15, 0.2) is 0 Å². The van der Waals surface area contributed by atoms with Crippen LogP contribution in [0.5, 0.6) is 0 Å². The van der Waals surface area contributed by atoms with E-state index < -0.39 is 0 Å². The average molecular weight is 277 g/mol. The lowest BCUT2D eigenvalue weighted by atomic mass is 10.2. The van der Waals surface area contributed by atoms with Gasteiger partial charge in [-0.3, -0.25) is 4.90 Å². The Morgan fingerprint density at radius 2 is 1.85 bits per heavy atom. The van der Waals surface area contributed by atoms with Crippen molar-refractivity contribution < 1.29 is 0 Å². The van der Waals surface area contributed by atoms with Gasteiger partial charge in [0.25, 0.3) is 0 Å². The summed E-state index contributed by atoms with van der Waals surface area (Å²) in [7, 11) is 0. The molecule has 2 N–H and O–H groups in total. The Kier molecular flexibility index (Phi) is 5.59. The molecule has 1 fully saturated rings. The first kappa shape index (κ1) is 15.0. The van der Waals surface area contributed by atoms with E-state index in [9.17, 15) is 0 Å². The summed E-state index contributed by atoms with van der Waals surface area (Å²) >= 11 is 0. The molecule has 1 saturated heterocycles. The lowest BCUT2D eigenvalue weighted by Gasteiger charge is -2.24. The maximum absolute atomic E-state index is 4.36. The van der Waals surface area contributed by atoms with E-state index in [1.807, 2.05) is 0 Å². The molecule has 1 aliphatic heterocycles. The molecule has 0 aliphatic carbocycles. The number of anilines is 2. The minimum Gasteiger partial charge on any atom is -0.370 e. The Morgan fingerprint density at radius 3 is 2.50 bits per heavy atom. The molecular weight excluding hydrogens is 250 g/mol. The molecule has 0 bridgehead atoms. The van der Waals surface area contributed by atoms with Crippen LogP contribution < -0.4 is 10.6 Å². The van der Waals surface area contributed by atoms with Crippen LogP contribution >= 0.6 is 0 Å². The molecule has 2 heterocycles. The molecule has 0 spiro atoms. The molecule has 1 aromatic rings. The zero-order valence-corrected chi connectivity index (χ0v) is 12.9. The number of nitrogens with zero attached hydrogens (tertiary/aromatic N) is 3. The van der Waals surface area contributed by atoms with E-state index in [0.29, 0.717) is 6.04 Å². The normalized spacial score (nSPS) is 17.1. The summed E-state index contributed by atoms with van der Waals surface area (Å²) in [6, 6.07) is 0.555. The highest BCUT2D eigenvalue weighted by Crippen LogP contribution is 2.19. The van der Waals surface area contributed by atoms with E-state index >= 15 is 0 Å².